The number of carbonyl (C=O) groups excluding carboxylic acids is 2. The second-order valence-corrected chi connectivity index (χ2v) is 5.24. The Morgan fingerprint density at radius 3 is 2.43 bits per heavy atom. The van der Waals surface area contributed by atoms with Crippen LogP contribution in [0.3, 0.4) is 0 Å². The van der Waals surface area contributed by atoms with E-state index in [4.69, 9.17) is 16.3 Å². The lowest BCUT2D eigenvalue weighted by atomic mass is 10.1. The Bertz CT molecular complexity index is 758. The van der Waals surface area contributed by atoms with Crippen molar-refractivity contribution in [2.45, 2.75) is 6.92 Å². The predicted octanol–water partition coefficient (Wildman–Crippen LogP) is 3.70. The molecule has 0 radical (unpaired) electrons. The second kappa shape index (κ2) is 7.15. The highest BCUT2D eigenvalue weighted by molar-refractivity contribution is 6.31. The van der Waals surface area contributed by atoms with Gasteiger partial charge in [0, 0.05) is 16.7 Å². The topological polar surface area (TPSA) is 64.6 Å². The number of aryl methyl sites for hydroxylation is 1. The minimum Gasteiger partial charge on any atom is -0.495 e. The Hall–Kier alpha value is -2.53. The summed E-state index contributed by atoms with van der Waals surface area (Å²) >= 11 is 6.05. The number of benzene rings is 2. The van der Waals surface area contributed by atoms with Gasteiger partial charge in [-0.05, 0) is 36.8 Å². The van der Waals surface area contributed by atoms with Crippen molar-refractivity contribution in [3.63, 3.8) is 0 Å². The molecule has 0 aliphatic rings. The minimum atomic E-state index is -0.500. The fraction of sp³-hybridized carbons (Fsp3) is 0.176. The number of ether oxygens (including phenoxy) is 2. The van der Waals surface area contributed by atoms with Gasteiger partial charge in [0.2, 0.25) is 0 Å². The van der Waals surface area contributed by atoms with Crippen LogP contribution in [-0.2, 0) is 4.74 Å². The molecule has 6 heteroatoms. The third-order valence-electron chi connectivity index (χ3n) is 3.27. The quantitative estimate of drug-likeness (QED) is 0.866. The summed E-state index contributed by atoms with van der Waals surface area (Å²) in [5, 5.41) is 3.30. The maximum absolute atomic E-state index is 12.4. The van der Waals surface area contributed by atoms with Crippen LogP contribution in [0.15, 0.2) is 36.4 Å². The SMILES string of the molecule is COC(=O)c1cccc(C(=O)Nc2cc(C)c(Cl)cc2OC)c1. The zero-order valence-electron chi connectivity index (χ0n) is 13.0. The van der Waals surface area contributed by atoms with E-state index in [0.29, 0.717) is 27.6 Å². The van der Waals surface area contributed by atoms with Crippen LogP contribution in [0.2, 0.25) is 5.02 Å². The van der Waals surface area contributed by atoms with Crippen LogP contribution >= 0.6 is 11.6 Å². The third-order valence-corrected chi connectivity index (χ3v) is 3.68. The van der Waals surface area contributed by atoms with Crippen LogP contribution in [0.1, 0.15) is 26.3 Å². The number of halogens is 1. The summed E-state index contributed by atoms with van der Waals surface area (Å²) in [6, 6.07) is 9.63. The van der Waals surface area contributed by atoms with Gasteiger partial charge in [-0.2, -0.15) is 0 Å². The molecule has 0 heterocycles. The third kappa shape index (κ3) is 3.81. The van der Waals surface area contributed by atoms with Gasteiger partial charge in [0.15, 0.2) is 0 Å². The fourth-order valence-electron chi connectivity index (χ4n) is 2.03. The molecule has 1 amide bonds. The highest BCUT2D eigenvalue weighted by Gasteiger charge is 2.14. The summed E-state index contributed by atoms with van der Waals surface area (Å²) in [5.74, 6) is -0.409. The molecule has 2 rings (SSSR count). The predicted molar refractivity (Wildman–Crippen MR) is 88.5 cm³/mol. The summed E-state index contributed by atoms with van der Waals surface area (Å²) in [6.07, 6.45) is 0. The van der Waals surface area contributed by atoms with Crippen LogP contribution < -0.4 is 10.1 Å². The average Bonchev–Trinajstić information content (AvgIpc) is 2.57. The van der Waals surface area contributed by atoms with E-state index in [1.54, 1.807) is 30.3 Å². The molecule has 0 aliphatic heterocycles. The lowest BCUT2D eigenvalue weighted by Gasteiger charge is -2.12. The zero-order chi connectivity index (χ0) is 17.0. The van der Waals surface area contributed by atoms with Crippen LogP contribution in [0, 0.1) is 6.92 Å². The molecule has 2 aromatic carbocycles. The molecule has 0 fully saturated rings. The maximum atomic E-state index is 12.4. The number of esters is 1. The first-order chi connectivity index (χ1) is 11.0. The summed E-state index contributed by atoms with van der Waals surface area (Å²) in [7, 11) is 2.78. The standard InChI is InChI=1S/C17H16ClNO4/c1-10-7-14(15(22-2)9-13(10)18)19-16(20)11-5-4-6-12(8-11)17(21)23-3/h4-9H,1-3H3,(H,19,20). The zero-order valence-corrected chi connectivity index (χ0v) is 13.7. The number of carbonyl (C=O) groups is 2. The van der Waals surface area contributed by atoms with Crippen LogP contribution in [-0.4, -0.2) is 26.1 Å². The number of anilines is 1. The Labute approximate surface area is 139 Å². The number of rotatable bonds is 4. The van der Waals surface area contributed by atoms with Gasteiger partial charge in [0.1, 0.15) is 5.75 Å². The molecule has 0 atom stereocenters. The lowest BCUT2D eigenvalue weighted by Crippen LogP contribution is -2.14. The van der Waals surface area contributed by atoms with Gasteiger partial charge in [0.05, 0.1) is 25.5 Å². The first kappa shape index (κ1) is 16.8. The Morgan fingerprint density at radius 1 is 1.09 bits per heavy atom. The molecule has 0 bridgehead atoms. The van der Waals surface area contributed by atoms with Crippen molar-refractivity contribution in [2.75, 3.05) is 19.5 Å². The smallest absolute Gasteiger partial charge is 0.337 e. The summed E-state index contributed by atoms with van der Waals surface area (Å²) < 4.78 is 9.87. The van der Waals surface area contributed by atoms with Crippen molar-refractivity contribution in [2.24, 2.45) is 0 Å². The molecule has 0 aliphatic carbocycles. The van der Waals surface area contributed by atoms with Crippen molar-refractivity contribution < 1.29 is 19.1 Å². The molecule has 0 aromatic heterocycles. The van der Waals surface area contributed by atoms with Crippen LogP contribution in [0.25, 0.3) is 0 Å². The van der Waals surface area contributed by atoms with E-state index in [1.807, 2.05) is 6.92 Å². The molecule has 0 saturated heterocycles. The number of amides is 1. The molecule has 120 valence electrons. The van der Waals surface area contributed by atoms with Gasteiger partial charge < -0.3 is 14.8 Å². The maximum Gasteiger partial charge on any atom is 0.337 e. The molecule has 5 nitrogen and oxygen atoms in total. The Balaban J connectivity index is 2.29. The van der Waals surface area contributed by atoms with E-state index >= 15 is 0 Å². The van der Waals surface area contributed by atoms with E-state index in [1.165, 1.54) is 20.3 Å². The lowest BCUT2D eigenvalue weighted by molar-refractivity contribution is 0.0600. The molecule has 1 N–H and O–H groups in total. The molecular weight excluding hydrogens is 318 g/mol. The Kier molecular flexibility index (Phi) is 5.24. The molecule has 2 aromatic rings. The van der Waals surface area contributed by atoms with Crippen LogP contribution in [0.4, 0.5) is 5.69 Å². The van der Waals surface area contributed by atoms with E-state index in [0.717, 1.165) is 5.56 Å². The summed E-state index contributed by atoms with van der Waals surface area (Å²) in [6.45, 7) is 1.83. The van der Waals surface area contributed by atoms with Gasteiger partial charge in [-0.1, -0.05) is 17.7 Å². The van der Waals surface area contributed by atoms with Gasteiger partial charge >= 0.3 is 5.97 Å². The van der Waals surface area contributed by atoms with Gasteiger partial charge in [-0.3, -0.25) is 4.79 Å². The van der Waals surface area contributed by atoms with E-state index in [-0.39, 0.29) is 5.91 Å². The minimum absolute atomic E-state index is 0.305. The molecule has 0 unspecified atom stereocenters. The highest BCUT2D eigenvalue weighted by Crippen LogP contribution is 2.31. The number of methoxy groups -OCH3 is 2. The second-order valence-electron chi connectivity index (χ2n) is 4.83. The average molecular weight is 334 g/mol. The molecular formula is C17H16ClNO4. The monoisotopic (exact) mass is 333 g/mol. The van der Waals surface area contributed by atoms with Gasteiger partial charge in [0.25, 0.3) is 5.91 Å². The first-order valence-electron chi connectivity index (χ1n) is 6.80. The van der Waals surface area contributed by atoms with Gasteiger partial charge in [-0.25, -0.2) is 4.79 Å². The van der Waals surface area contributed by atoms with Crippen molar-refractivity contribution in [3.8, 4) is 5.75 Å². The summed E-state index contributed by atoms with van der Waals surface area (Å²) in [4.78, 5) is 23.9. The molecule has 0 saturated carbocycles. The van der Waals surface area contributed by atoms with Crippen LogP contribution in [0.5, 0.6) is 5.75 Å². The van der Waals surface area contributed by atoms with Crippen molar-refractivity contribution in [1.29, 1.82) is 0 Å². The molecule has 23 heavy (non-hydrogen) atoms. The first-order valence-corrected chi connectivity index (χ1v) is 7.18. The number of hydrogen-bond donors (Lipinski definition) is 1. The van der Waals surface area contributed by atoms with Gasteiger partial charge in [-0.15, -0.1) is 0 Å². The number of nitrogens with one attached hydrogen (secondary N) is 1. The van der Waals surface area contributed by atoms with Crippen molar-refractivity contribution in [3.05, 3.63) is 58.1 Å². The Morgan fingerprint density at radius 2 is 1.78 bits per heavy atom. The van der Waals surface area contributed by atoms with E-state index < -0.39 is 5.97 Å². The fourth-order valence-corrected chi connectivity index (χ4v) is 2.18. The van der Waals surface area contributed by atoms with Crippen molar-refractivity contribution in [1.82, 2.24) is 0 Å². The van der Waals surface area contributed by atoms with E-state index in [2.05, 4.69) is 10.1 Å². The normalized spacial score (nSPS) is 10.1. The van der Waals surface area contributed by atoms with E-state index in [9.17, 15) is 9.59 Å². The summed E-state index contributed by atoms with van der Waals surface area (Å²) in [5.41, 5.74) is 1.95. The molecule has 0 spiro atoms. The number of hydrogen-bond acceptors (Lipinski definition) is 4. The largest absolute Gasteiger partial charge is 0.495 e. The highest BCUT2D eigenvalue weighted by atomic mass is 35.5. The van der Waals surface area contributed by atoms with Crippen molar-refractivity contribution >= 4 is 29.2 Å².